The molecule has 2 amide bonds. The molecule has 2 aliphatic heterocycles. The average molecular weight is 465 g/mol. The molecule has 34 heavy (non-hydrogen) atoms. The number of amides is 2. The molecular weight excluding hydrogens is 432 g/mol. The number of carbonyl (C=O) groups excluding carboxylic acids is 3. The Morgan fingerprint density at radius 3 is 2.44 bits per heavy atom. The number of hydrogen-bond acceptors (Lipinski definition) is 5. The van der Waals surface area contributed by atoms with Gasteiger partial charge in [-0.15, -0.1) is 0 Å². The molecule has 4 rings (SSSR count). The monoisotopic (exact) mass is 464 g/mol. The number of nitrogens with zero attached hydrogens (tertiary/aromatic N) is 1. The maximum atomic E-state index is 13.7. The lowest BCUT2D eigenvalue weighted by Crippen LogP contribution is -2.58. The fraction of sp³-hybridized carbons (Fsp3) is 0.444. The van der Waals surface area contributed by atoms with E-state index in [1.54, 1.807) is 41.3 Å². The van der Waals surface area contributed by atoms with Gasteiger partial charge in [0.25, 0.3) is 5.91 Å². The summed E-state index contributed by atoms with van der Waals surface area (Å²) in [5.41, 5.74) is 2.34. The number of aromatic hydroxyl groups is 1. The zero-order valence-electron chi connectivity index (χ0n) is 19.9. The standard InChI is InChI=1S/C27H32N2O5/c1-27(2,3)19-10-8-18(9-11-19)25(32)28-21(15-17-6-12-20(30)13-7-17)26(33)29-14-4-5-23-24(29)22(31)16-34-23/h6-13,21,23-24,30H,4-5,14-16H2,1-3H3,(H,28,32)/t21-,23?,24?/m0/s1. The van der Waals surface area contributed by atoms with E-state index in [0.717, 1.165) is 24.0 Å². The van der Waals surface area contributed by atoms with Gasteiger partial charge in [-0.25, -0.2) is 0 Å². The minimum atomic E-state index is -0.855. The molecule has 7 nitrogen and oxygen atoms in total. The predicted octanol–water partition coefficient (Wildman–Crippen LogP) is 2.99. The number of phenols is 1. The Kier molecular flexibility index (Phi) is 6.75. The van der Waals surface area contributed by atoms with Crippen molar-refractivity contribution in [2.24, 2.45) is 0 Å². The summed E-state index contributed by atoms with van der Waals surface area (Å²) in [5, 5.41) is 12.5. The Morgan fingerprint density at radius 2 is 1.79 bits per heavy atom. The fourth-order valence-electron chi connectivity index (χ4n) is 4.67. The van der Waals surface area contributed by atoms with Crippen LogP contribution < -0.4 is 5.32 Å². The maximum Gasteiger partial charge on any atom is 0.251 e. The Hall–Kier alpha value is -3.19. The summed E-state index contributed by atoms with van der Waals surface area (Å²) in [7, 11) is 0. The topological polar surface area (TPSA) is 95.9 Å². The number of Topliss-reactive ketones (excluding diaryl/α,β-unsaturated/α-hetero) is 1. The highest BCUT2D eigenvalue weighted by atomic mass is 16.5. The number of hydrogen-bond donors (Lipinski definition) is 2. The van der Waals surface area contributed by atoms with Crippen LogP contribution in [0.2, 0.25) is 0 Å². The Balaban J connectivity index is 1.57. The van der Waals surface area contributed by atoms with Crippen LogP contribution in [0.1, 0.15) is 55.1 Å². The summed E-state index contributed by atoms with van der Waals surface area (Å²) in [6.07, 6.45) is 1.46. The van der Waals surface area contributed by atoms with Crippen LogP contribution in [-0.2, 0) is 26.2 Å². The van der Waals surface area contributed by atoms with Gasteiger partial charge in [0.1, 0.15) is 24.4 Å². The Bertz CT molecular complexity index is 1060. The number of benzene rings is 2. The summed E-state index contributed by atoms with van der Waals surface area (Å²) in [6.45, 7) is 6.79. The second kappa shape index (κ2) is 9.58. The molecule has 2 heterocycles. The van der Waals surface area contributed by atoms with Crippen molar-refractivity contribution in [1.82, 2.24) is 10.2 Å². The van der Waals surface area contributed by atoms with Gasteiger partial charge in [0, 0.05) is 18.5 Å². The van der Waals surface area contributed by atoms with Gasteiger partial charge in [-0.2, -0.15) is 0 Å². The number of piperidine rings is 1. The first-order valence-electron chi connectivity index (χ1n) is 11.8. The summed E-state index contributed by atoms with van der Waals surface area (Å²) in [6, 6.07) is 12.5. The second-order valence-corrected chi connectivity index (χ2v) is 10.2. The van der Waals surface area contributed by atoms with Gasteiger partial charge in [0.2, 0.25) is 5.91 Å². The van der Waals surface area contributed by atoms with Crippen LogP contribution in [0, 0.1) is 0 Å². The number of carbonyl (C=O) groups is 3. The van der Waals surface area contributed by atoms with Crippen LogP contribution >= 0.6 is 0 Å². The summed E-state index contributed by atoms with van der Waals surface area (Å²) >= 11 is 0. The van der Waals surface area contributed by atoms with Crippen molar-refractivity contribution >= 4 is 17.6 Å². The van der Waals surface area contributed by atoms with Crippen molar-refractivity contribution in [3.63, 3.8) is 0 Å². The van der Waals surface area contributed by atoms with E-state index in [1.165, 1.54) is 0 Å². The Labute approximate surface area is 200 Å². The van der Waals surface area contributed by atoms with E-state index >= 15 is 0 Å². The molecule has 2 N–H and O–H groups in total. The third kappa shape index (κ3) is 5.14. The molecule has 180 valence electrons. The van der Waals surface area contributed by atoms with Crippen LogP contribution in [0.3, 0.4) is 0 Å². The van der Waals surface area contributed by atoms with Crippen molar-refractivity contribution < 1.29 is 24.2 Å². The van der Waals surface area contributed by atoms with Crippen molar-refractivity contribution in [3.05, 3.63) is 65.2 Å². The van der Waals surface area contributed by atoms with Crippen LogP contribution in [0.5, 0.6) is 5.75 Å². The molecule has 3 atom stereocenters. The number of nitrogens with one attached hydrogen (secondary N) is 1. The molecule has 0 spiro atoms. The first-order chi connectivity index (χ1) is 16.1. The number of ketones is 1. The van der Waals surface area contributed by atoms with E-state index in [9.17, 15) is 19.5 Å². The van der Waals surface area contributed by atoms with Crippen molar-refractivity contribution in [2.45, 2.75) is 63.6 Å². The maximum absolute atomic E-state index is 13.7. The third-order valence-electron chi connectivity index (χ3n) is 6.62. The average Bonchev–Trinajstić information content (AvgIpc) is 3.20. The molecule has 2 unspecified atom stereocenters. The van der Waals surface area contributed by atoms with Crippen LogP contribution in [0.15, 0.2) is 48.5 Å². The molecule has 0 aromatic heterocycles. The number of rotatable bonds is 5. The predicted molar refractivity (Wildman–Crippen MR) is 128 cm³/mol. The van der Waals surface area contributed by atoms with E-state index in [4.69, 9.17) is 4.74 Å². The molecule has 0 radical (unpaired) electrons. The van der Waals surface area contributed by atoms with Gasteiger partial charge in [-0.1, -0.05) is 45.0 Å². The number of likely N-dealkylation sites (tertiary alicyclic amines) is 1. The second-order valence-electron chi connectivity index (χ2n) is 10.2. The first-order valence-corrected chi connectivity index (χ1v) is 11.8. The van der Waals surface area contributed by atoms with E-state index in [-0.39, 0.29) is 47.9 Å². The smallest absolute Gasteiger partial charge is 0.251 e. The van der Waals surface area contributed by atoms with Gasteiger partial charge in [0.05, 0.1) is 6.10 Å². The lowest BCUT2D eigenvalue weighted by molar-refractivity contribution is -0.142. The van der Waals surface area contributed by atoms with E-state index < -0.39 is 12.1 Å². The molecule has 0 bridgehead atoms. The van der Waals surface area contributed by atoms with Crippen molar-refractivity contribution in [2.75, 3.05) is 13.2 Å². The number of ether oxygens (including phenoxy) is 1. The van der Waals surface area contributed by atoms with Gasteiger partial charge < -0.3 is 20.1 Å². The highest BCUT2D eigenvalue weighted by molar-refractivity contribution is 5.99. The normalized spacial score (nSPS) is 21.1. The van der Waals surface area contributed by atoms with Gasteiger partial charge >= 0.3 is 0 Å². The largest absolute Gasteiger partial charge is 0.508 e. The third-order valence-corrected chi connectivity index (χ3v) is 6.62. The molecule has 0 saturated carbocycles. The van der Waals surface area contributed by atoms with E-state index in [2.05, 4.69) is 26.1 Å². The summed E-state index contributed by atoms with van der Waals surface area (Å²) in [4.78, 5) is 40.8. The van der Waals surface area contributed by atoms with Crippen LogP contribution in [0.25, 0.3) is 0 Å². The minimum absolute atomic E-state index is 0.0221. The molecule has 7 heteroatoms. The molecule has 0 aliphatic carbocycles. The van der Waals surface area contributed by atoms with Crippen LogP contribution in [-0.4, -0.2) is 58.9 Å². The molecule has 2 saturated heterocycles. The SMILES string of the molecule is CC(C)(C)c1ccc(C(=O)N[C@@H](Cc2ccc(O)cc2)C(=O)N2CCCC3OCC(=O)C32)cc1. The molecule has 2 aromatic rings. The minimum Gasteiger partial charge on any atom is -0.508 e. The van der Waals surface area contributed by atoms with E-state index in [1.807, 2.05) is 12.1 Å². The lowest BCUT2D eigenvalue weighted by Gasteiger charge is -2.37. The van der Waals surface area contributed by atoms with Crippen molar-refractivity contribution in [3.8, 4) is 5.75 Å². The van der Waals surface area contributed by atoms with Gasteiger partial charge in [-0.3, -0.25) is 14.4 Å². The summed E-state index contributed by atoms with van der Waals surface area (Å²) in [5.74, 6) is -0.603. The number of fused-ring (bicyclic) bond motifs is 1. The van der Waals surface area contributed by atoms with Gasteiger partial charge in [0.15, 0.2) is 5.78 Å². The molecule has 2 aromatic carbocycles. The highest BCUT2D eigenvalue weighted by Crippen LogP contribution is 2.27. The molecular formula is C27H32N2O5. The zero-order chi connectivity index (χ0) is 24.5. The van der Waals surface area contributed by atoms with Crippen LogP contribution in [0.4, 0.5) is 0 Å². The molecule has 2 fully saturated rings. The lowest BCUT2D eigenvalue weighted by atomic mass is 9.86. The Morgan fingerprint density at radius 1 is 1.12 bits per heavy atom. The fourth-order valence-corrected chi connectivity index (χ4v) is 4.67. The summed E-state index contributed by atoms with van der Waals surface area (Å²) < 4.78 is 5.59. The molecule has 2 aliphatic rings. The highest BCUT2D eigenvalue weighted by Gasteiger charge is 2.45. The number of phenolic OH excluding ortho intramolecular Hbond substituents is 1. The first kappa shape index (κ1) is 24.0. The van der Waals surface area contributed by atoms with E-state index in [0.29, 0.717) is 12.1 Å². The van der Waals surface area contributed by atoms with Crippen molar-refractivity contribution in [1.29, 1.82) is 0 Å². The zero-order valence-corrected chi connectivity index (χ0v) is 19.9. The van der Waals surface area contributed by atoms with Gasteiger partial charge in [-0.05, 0) is 53.6 Å². The quantitative estimate of drug-likeness (QED) is 0.709.